The van der Waals surface area contributed by atoms with Crippen LogP contribution in [0.1, 0.15) is 19.2 Å². The minimum atomic E-state index is 0.303. The van der Waals surface area contributed by atoms with E-state index >= 15 is 0 Å². The molecular weight excluding hydrogens is 238 g/mol. The third-order valence-electron chi connectivity index (χ3n) is 3.39. The van der Waals surface area contributed by atoms with Gasteiger partial charge in [-0.2, -0.15) is 0 Å². The van der Waals surface area contributed by atoms with Gasteiger partial charge in [-0.1, -0.05) is 19.1 Å². The number of para-hydroxylation sites is 2. The maximum absolute atomic E-state index is 5.24. The van der Waals surface area contributed by atoms with Crippen molar-refractivity contribution >= 4 is 11.0 Å². The number of benzene rings is 1. The average molecular weight is 261 g/mol. The summed E-state index contributed by atoms with van der Waals surface area (Å²) in [6.07, 6.45) is 2.00. The minimum Gasteiger partial charge on any atom is -0.383 e. The minimum absolute atomic E-state index is 0.303. The first-order chi connectivity index (χ1) is 9.30. The van der Waals surface area contributed by atoms with Gasteiger partial charge in [-0.25, -0.2) is 4.98 Å². The Morgan fingerprint density at radius 1 is 1.37 bits per heavy atom. The topological polar surface area (TPSA) is 39.1 Å². The van der Waals surface area contributed by atoms with Gasteiger partial charge in [-0.05, 0) is 25.6 Å². The second kappa shape index (κ2) is 6.68. The van der Waals surface area contributed by atoms with E-state index in [1.165, 1.54) is 5.52 Å². The Hall–Kier alpha value is -1.39. The Kier molecular flexibility index (Phi) is 4.93. The zero-order valence-electron chi connectivity index (χ0n) is 12.0. The molecule has 2 aromatic rings. The molecule has 1 aromatic heterocycles. The van der Waals surface area contributed by atoms with Crippen molar-refractivity contribution in [3.05, 3.63) is 30.1 Å². The molecule has 0 spiro atoms. The van der Waals surface area contributed by atoms with Crippen LogP contribution < -0.4 is 5.32 Å². The number of fused-ring (bicyclic) bond motifs is 1. The molecule has 1 aromatic carbocycles. The van der Waals surface area contributed by atoms with Gasteiger partial charge in [-0.15, -0.1) is 0 Å². The molecule has 4 nitrogen and oxygen atoms in total. The van der Waals surface area contributed by atoms with Crippen LogP contribution in [0.2, 0.25) is 0 Å². The maximum Gasteiger partial charge on any atom is 0.111 e. The molecule has 0 aliphatic heterocycles. The van der Waals surface area contributed by atoms with Gasteiger partial charge in [0, 0.05) is 26.1 Å². The van der Waals surface area contributed by atoms with Crippen LogP contribution in [0.25, 0.3) is 11.0 Å². The molecule has 0 fully saturated rings. The summed E-state index contributed by atoms with van der Waals surface area (Å²) >= 11 is 0. The number of hydrogen-bond donors (Lipinski definition) is 1. The monoisotopic (exact) mass is 261 g/mol. The number of aromatic nitrogens is 2. The number of rotatable bonds is 7. The summed E-state index contributed by atoms with van der Waals surface area (Å²) in [5.74, 6) is 1.14. The lowest BCUT2D eigenvalue weighted by Crippen LogP contribution is -2.33. The maximum atomic E-state index is 5.24. The molecule has 2 rings (SSSR count). The molecule has 0 saturated heterocycles. The van der Waals surface area contributed by atoms with Gasteiger partial charge < -0.3 is 14.6 Å². The number of likely N-dealkylation sites (N-methyl/N-ethyl adjacent to an activating group) is 1. The fraction of sp³-hybridized carbons (Fsp3) is 0.533. The smallest absolute Gasteiger partial charge is 0.111 e. The van der Waals surface area contributed by atoms with E-state index in [9.17, 15) is 0 Å². The zero-order valence-corrected chi connectivity index (χ0v) is 12.0. The third kappa shape index (κ3) is 3.14. The van der Waals surface area contributed by atoms with Gasteiger partial charge in [-0.3, -0.25) is 0 Å². The predicted octanol–water partition coefficient (Wildman–Crippen LogP) is 2.22. The molecule has 1 heterocycles. The molecule has 0 radical (unpaired) electrons. The van der Waals surface area contributed by atoms with Crippen molar-refractivity contribution in [3.63, 3.8) is 0 Å². The average Bonchev–Trinajstić information content (AvgIpc) is 2.77. The highest BCUT2D eigenvalue weighted by Gasteiger charge is 2.14. The van der Waals surface area contributed by atoms with E-state index in [-0.39, 0.29) is 0 Å². The predicted molar refractivity (Wildman–Crippen MR) is 78.5 cm³/mol. The van der Waals surface area contributed by atoms with Crippen molar-refractivity contribution in [3.8, 4) is 0 Å². The van der Waals surface area contributed by atoms with Crippen molar-refractivity contribution in [2.24, 2.45) is 0 Å². The first-order valence-corrected chi connectivity index (χ1v) is 6.90. The molecule has 4 heteroatoms. The number of hydrogen-bond acceptors (Lipinski definition) is 3. The van der Waals surface area contributed by atoms with E-state index in [4.69, 9.17) is 9.72 Å². The Morgan fingerprint density at radius 3 is 2.84 bits per heavy atom. The summed E-state index contributed by atoms with van der Waals surface area (Å²) in [5, 5.41) is 3.29. The summed E-state index contributed by atoms with van der Waals surface area (Å²) in [5.41, 5.74) is 2.31. The normalized spacial score (nSPS) is 13.0. The standard InChI is InChI=1S/C15H23N3O/c1-4-9-18-14-8-6-5-7-13(14)17-15(18)10-12(16-2)11-19-3/h5-8,12,16H,4,9-11H2,1-3H3. The van der Waals surface area contributed by atoms with Crippen molar-refractivity contribution in [2.45, 2.75) is 32.4 Å². The molecule has 1 N–H and O–H groups in total. The van der Waals surface area contributed by atoms with Crippen molar-refractivity contribution in [2.75, 3.05) is 20.8 Å². The fourth-order valence-electron chi connectivity index (χ4n) is 2.42. The van der Waals surface area contributed by atoms with Crippen LogP contribution in [0.4, 0.5) is 0 Å². The molecule has 104 valence electrons. The molecule has 0 aliphatic rings. The van der Waals surface area contributed by atoms with Gasteiger partial charge in [0.25, 0.3) is 0 Å². The molecule has 0 aliphatic carbocycles. The highest BCUT2D eigenvalue weighted by molar-refractivity contribution is 5.75. The van der Waals surface area contributed by atoms with Crippen molar-refractivity contribution in [1.29, 1.82) is 0 Å². The summed E-state index contributed by atoms with van der Waals surface area (Å²) < 4.78 is 7.57. The quantitative estimate of drug-likeness (QED) is 0.830. The lowest BCUT2D eigenvalue weighted by Gasteiger charge is -2.15. The molecule has 0 saturated carbocycles. The molecule has 19 heavy (non-hydrogen) atoms. The summed E-state index contributed by atoms with van der Waals surface area (Å²) in [4.78, 5) is 4.77. The van der Waals surface area contributed by atoms with Gasteiger partial charge in [0.2, 0.25) is 0 Å². The van der Waals surface area contributed by atoms with E-state index in [0.717, 1.165) is 30.7 Å². The molecule has 0 bridgehead atoms. The largest absolute Gasteiger partial charge is 0.383 e. The van der Waals surface area contributed by atoms with E-state index in [0.29, 0.717) is 12.6 Å². The summed E-state index contributed by atoms with van der Waals surface area (Å²) in [6.45, 7) is 3.91. The number of nitrogens with one attached hydrogen (secondary N) is 1. The Labute approximate surface area is 114 Å². The van der Waals surface area contributed by atoms with Crippen molar-refractivity contribution < 1.29 is 4.74 Å². The SMILES string of the molecule is CCCn1c(CC(COC)NC)nc2ccccc21. The van der Waals surface area contributed by atoms with Crippen LogP contribution >= 0.6 is 0 Å². The van der Waals surface area contributed by atoms with E-state index in [1.807, 2.05) is 13.1 Å². The number of imidazole rings is 1. The second-order valence-corrected chi connectivity index (χ2v) is 4.81. The van der Waals surface area contributed by atoms with Gasteiger partial charge in [0.05, 0.1) is 17.6 Å². The Balaban J connectivity index is 2.32. The number of nitrogens with zero attached hydrogens (tertiary/aromatic N) is 2. The highest BCUT2D eigenvalue weighted by atomic mass is 16.5. The number of methoxy groups -OCH3 is 1. The first-order valence-electron chi connectivity index (χ1n) is 6.90. The second-order valence-electron chi connectivity index (χ2n) is 4.81. The molecular formula is C15H23N3O. The fourth-order valence-corrected chi connectivity index (χ4v) is 2.42. The number of ether oxygens (including phenoxy) is 1. The van der Waals surface area contributed by atoms with Crippen LogP contribution in [-0.2, 0) is 17.7 Å². The lowest BCUT2D eigenvalue weighted by molar-refractivity contribution is 0.168. The molecule has 1 unspecified atom stereocenters. The van der Waals surface area contributed by atoms with Gasteiger partial charge >= 0.3 is 0 Å². The van der Waals surface area contributed by atoms with Crippen LogP contribution in [0.5, 0.6) is 0 Å². The summed E-state index contributed by atoms with van der Waals surface area (Å²) in [7, 11) is 3.70. The Bertz CT molecular complexity index is 521. The van der Waals surface area contributed by atoms with E-state index in [2.05, 4.69) is 35.0 Å². The van der Waals surface area contributed by atoms with Crippen LogP contribution in [0.15, 0.2) is 24.3 Å². The van der Waals surface area contributed by atoms with Crippen molar-refractivity contribution in [1.82, 2.24) is 14.9 Å². The highest BCUT2D eigenvalue weighted by Crippen LogP contribution is 2.17. The van der Waals surface area contributed by atoms with Crippen LogP contribution in [0.3, 0.4) is 0 Å². The molecule has 1 atom stereocenters. The zero-order chi connectivity index (χ0) is 13.7. The van der Waals surface area contributed by atoms with Crippen LogP contribution in [-0.4, -0.2) is 36.4 Å². The first kappa shape index (κ1) is 14.0. The van der Waals surface area contributed by atoms with Gasteiger partial charge in [0.15, 0.2) is 0 Å². The van der Waals surface area contributed by atoms with E-state index < -0.39 is 0 Å². The number of aryl methyl sites for hydroxylation is 1. The Morgan fingerprint density at radius 2 is 2.16 bits per heavy atom. The lowest BCUT2D eigenvalue weighted by atomic mass is 10.2. The summed E-state index contributed by atoms with van der Waals surface area (Å²) in [6, 6.07) is 8.64. The van der Waals surface area contributed by atoms with E-state index in [1.54, 1.807) is 7.11 Å². The third-order valence-corrected chi connectivity index (χ3v) is 3.39. The molecule has 0 amide bonds. The van der Waals surface area contributed by atoms with Crippen LogP contribution in [0, 0.1) is 0 Å². The van der Waals surface area contributed by atoms with Gasteiger partial charge in [0.1, 0.15) is 5.82 Å².